The van der Waals surface area contributed by atoms with Crippen molar-refractivity contribution in [2.24, 2.45) is 4.99 Å². The molecule has 0 aliphatic heterocycles. The van der Waals surface area contributed by atoms with Gasteiger partial charge in [-0.3, -0.25) is 14.9 Å². The van der Waals surface area contributed by atoms with E-state index >= 15 is 0 Å². The third-order valence-corrected chi connectivity index (χ3v) is 7.64. The van der Waals surface area contributed by atoms with Gasteiger partial charge in [0.15, 0.2) is 11.5 Å². The predicted octanol–water partition coefficient (Wildman–Crippen LogP) is 5.75. The van der Waals surface area contributed by atoms with Crippen LogP contribution in [0.25, 0.3) is 0 Å². The molecule has 292 valence electrons. The second kappa shape index (κ2) is 17.7. The van der Waals surface area contributed by atoms with Gasteiger partial charge in [0.25, 0.3) is 0 Å². The van der Waals surface area contributed by atoms with E-state index in [0.717, 1.165) is 0 Å². The summed E-state index contributed by atoms with van der Waals surface area (Å²) in [4.78, 5) is 67.4. The highest BCUT2D eigenvalue weighted by Gasteiger charge is 2.37. The first kappa shape index (κ1) is 44.1. The fourth-order valence-corrected chi connectivity index (χ4v) is 5.42. The van der Waals surface area contributed by atoms with Crippen LogP contribution in [0.4, 0.5) is 15.3 Å². The van der Waals surface area contributed by atoms with E-state index in [4.69, 9.17) is 23.7 Å². The molecule has 2 N–H and O–H groups in total. The number of benzene rings is 2. The number of hydrogen-bond acceptors (Lipinski definition) is 13. The summed E-state index contributed by atoms with van der Waals surface area (Å²) in [6.07, 6.45) is -2.47. The van der Waals surface area contributed by atoms with Gasteiger partial charge < -0.3 is 23.7 Å². The third-order valence-electron chi connectivity index (χ3n) is 6.20. The molecule has 2 aromatic carbocycles. The number of ether oxygens (including phenoxy) is 5. The molecule has 0 saturated carbocycles. The van der Waals surface area contributed by atoms with Gasteiger partial charge in [-0.05, 0) is 118 Å². The monoisotopic (exact) mass is 762 g/mol. The Hall–Kier alpha value is -5.03. The first-order valence-electron chi connectivity index (χ1n) is 16.5. The highest BCUT2D eigenvalue weighted by molar-refractivity contribution is 7.87. The molecule has 0 aliphatic carbocycles. The van der Waals surface area contributed by atoms with Crippen molar-refractivity contribution in [3.8, 4) is 11.5 Å². The molecule has 0 unspecified atom stereocenters. The molecule has 0 spiro atoms. The van der Waals surface area contributed by atoms with Gasteiger partial charge >= 0.3 is 34.3 Å². The zero-order valence-electron chi connectivity index (χ0n) is 32.2. The Labute approximate surface area is 310 Å². The molecule has 0 aliphatic rings. The van der Waals surface area contributed by atoms with Crippen LogP contribution < -0.4 is 19.5 Å². The molecule has 2 amide bonds. The number of alkyl carbamates (subject to hydrolysis) is 1. The Balaban J connectivity index is 2.33. The van der Waals surface area contributed by atoms with Crippen molar-refractivity contribution in [1.82, 2.24) is 14.3 Å². The molecule has 0 fully saturated rings. The fraction of sp³-hybridized carbons (Fsp3) is 0.500. The SMILES string of the molecule is COc1cc(CN(C(=O)OC(C)(C)C)S(=O)(=O)N[C@@H](CC(C)=O)C(=O)OC(C)(C)C)ccc1OC(=O)c1ccc(N=C(C)NC(=O)OC(C)(C)C)cc1. The lowest BCUT2D eigenvalue weighted by Gasteiger charge is -2.29. The number of ketones is 1. The quantitative estimate of drug-likeness (QED) is 0.0872. The molecule has 2 aromatic rings. The lowest BCUT2D eigenvalue weighted by molar-refractivity contribution is -0.157. The van der Waals surface area contributed by atoms with Gasteiger partial charge in [-0.2, -0.15) is 17.4 Å². The Bertz CT molecular complexity index is 1800. The van der Waals surface area contributed by atoms with Gasteiger partial charge in [0.1, 0.15) is 34.5 Å². The standard InChI is InChI=1S/C36H50N4O12S/c1-22(41)19-27(31(43)50-34(3,4)5)39-53(46,47)40(33(45)52-36(9,10)11)21-24-13-18-28(29(20-24)48-12)49-30(42)25-14-16-26(17-15-25)37-23(2)38-32(44)51-35(6,7)8/h13-18,20,27,39H,19,21H2,1-12H3,(H,37,38,44)/t27-/m0/s1. The van der Waals surface area contributed by atoms with Crippen LogP contribution in [0, 0.1) is 0 Å². The summed E-state index contributed by atoms with van der Waals surface area (Å²) in [6, 6.07) is 8.49. The molecule has 0 bridgehead atoms. The van der Waals surface area contributed by atoms with Crippen molar-refractivity contribution in [2.75, 3.05) is 7.11 Å². The van der Waals surface area contributed by atoms with Crippen LogP contribution in [-0.4, -0.2) is 78.4 Å². The Kier molecular flexibility index (Phi) is 14.7. The number of nitrogens with zero attached hydrogens (tertiary/aromatic N) is 2. The fourth-order valence-electron chi connectivity index (χ4n) is 4.20. The van der Waals surface area contributed by atoms with Gasteiger partial charge in [-0.1, -0.05) is 6.07 Å². The van der Waals surface area contributed by atoms with E-state index in [0.29, 0.717) is 9.99 Å². The molecule has 0 radical (unpaired) electrons. The molecule has 2 rings (SSSR count). The van der Waals surface area contributed by atoms with Gasteiger partial charge in [-0.15, -0.1) is 0 Å². The minimum Gasteiger partial charge on any atom is -0.493 e. The lowest BCUT2D eigenvalue weighted by atomic mass is 10.1. The Morgan fingerprint density at radius 3 is 1.87 bits per heavy atom. The second-order valence-corrected chi connectivity index (χ2v) is 16.5. The molecule has 0 saturated heterocycles. The number of esters is 2. The molecule has 53 heavy (non-hydrogen) atoms. The van der Waals surface area contributed by atoms with Crippen LogP contribution in [0.5, 0.6) is 11.5 Å². The van der Waals surface area contributed by atoms with Crippen LogP contribution in [0.15, 0.2) is 47.5 Å². The zero-order chi connectivity index (χ0) is 40.5. The van der Waals surface area contributed by atoms with Crippen molar-refractivity contribution in [3.63, 3.8) is 0 Å². The largest absolute Gasteiger partial charge is 0.493 e. The molecular formula is C36H50N4O12S. The van der Waals surface area contributed by atoms with Crippen molar-refractivity contribution >= 4 is 51.6 Å². The third kappa shape index (κ3) is 15.6. The van der Waals surface area contributed by atoms with Gasteiger partial charge in [-0.25, -0.2) is 19.4 Å². The number of carbonyl (C=O) groups is 5. The normalized spacial score (nSPS) is 12.9. The van der Waals surface area contributed by atoms with Crippen molar-refractivity contribution in [1.29, 1.82) is 0 Å². The smallest absolute Gasteiger partial charge is 0.425 e. The second-order valence-electron chi connectivity index (χ2n) is 14.8. The summed E-state index contributed by atoms with van der Waals surface area (Å²) in [6.45, 7) is 16.7. The van der Waals surface area contributed by atoms with E-state index in [2.05, 4.69) is 15.0 Å². The number of Topliss-reactive ketones (excluding diaryl/α,β-unsaturated/α-hetero) is 1. The number of rotatable bonds is 12. The maximum Gasteiger partial charge on any atom is 0.425 e. The zero-order valence-corrected chi connectivity index (χ0v) is 33.1. The number of nitrogens with one attached hydrogen (secondary N) is 2. The van der Waals surface area contributed by atoms with E-state index < -0.39 is 75.9 Å². The Morgan fingerprint density at radius 1 is 0.792 bits per heavy atom. The van der Waals surface area contributed by atoms with Crippen LogP contribution in [0.2, 0.25) is 0 Å². The van der Waals surface area contributed by atoms with Crippen molar-refractivity contribution in [2.45, 2.75) is 112 Å². The van der Waals surface area contributed by atoms with Gasteiger partial charge in [0.2, 0.25) is 0 Å². The number of amides is 2. The number of methoxy groups -OCH3 is 1. The maximum absolute atomic E-state index is 13.7. The molecule has 17 heteroatoms. The van der Waals surface area contributed by atoms with Crippen LogP contribution in [0.3, 0.4) is 0 Å². The van der Waals surface area contributed by atoms with Crippen LogP contribution in [-0.2, 0) is 40.6 Å². The summed E-state index contributed by atoms with van der Waals surface area (Å²) in [7, 11) is -3.55. The molecular weight excluding hydrogens is 712 g/mol. The average molecular weight is 763 g/mol. The minimum absolute atomic E-state index is 0.0167. The molecule has 0 aromatic heterocycles. The number of amidine groups is 1. The van der Waals surface area contributed by atoms with E-state index in [1.807, 2.05) is 0 Å². The topological polar surface area (TPSA) is 205 Å². The highest BCUT2D eigenvalue weighted by atomic mass is 32.2. The predicted molar refractivity (Wildman–Crippen MR) is 195 cm³/mol. The molecule has 0 heterocycles. The van der Waals surface area contributed by atoms with Crippen LogP contribution in [0.1, 0.15) is 98.5 Å². The minimum atomic E-state index is -4.85. The van der Waals surface area contributed by atoms with Crippen molar-refractivity contribution < 1.29 is 56.1 Å². The van der Waals surface area contributed by atoms with E-state index in [1.165, 1.54) is 44.4 Å². The van der Waals surface area contributed by atoms with E-state index in [1.54, 1.807) is 81.4 Å². The van der Waals surface area contributed by atoms with Gasteiger partial charge in [0, 0.05) is 6.42 Å². The Morgan fingerprint density at radius 2 is 1.36 bits per heavy atom. The summed E-state index contributed by atoms with van der Waals surface area (Å²) < 4.78 is 56.7. The molecule has 1 atom stereocenters. The number of hydrogen-bond donors (Lipinski definition) is 2. The maximum atomic E-state index is 13.7. The number of aliphatic imine (C=N–C) groups is 1. The van der Waals surface area contributed by atoms with E-state index in [-0.39, 0.29) is 28.5 Å². The summed E-state index contributed by atoms with van der Waals surface area (Å²) in [5.74, 6) is -1.99. The summed E-state index contributed by atoms with van der Waals surface area (Å²) in [5.41, 5.74) is -1.98. The van der Waals surface area contributed by atoms with Crippen molar-refractivity contribution in [3.05, 3.63) is 53.6 Å². The highest BCUT2D eigenvalue weighted by Crippen LogP contribution is 2.30. The summed E-state index contributed by atoms with van der Waals surface area (Å²) >= 11 is 0. The first-order valence-corrected chi connectivity index (χ1v) is 17.9. The van der Waals surface area contributed by atoms with Gasteiger partial charge in [0.05, 0.1) is 24.9 Å². The summed E-state index contributed by atoms with van der Waals surface area (Å²) in [5, 5.41) is 2.52. The number of carbonyl (C=O) groups excluding carboxylic acids is 5. The molecule has 16 nitrogen and oxygen atoms in total. The first-order chi connectivity index (χ1) is 24.2. The van der Waals surface area contributed by atoms with Crippen LogP contribution >= 0.6 is 0 Å². The average Bonchev–Trinajstić information content (AvgIpc) is 2.97. The lowest BCUT2D eigenvalue weighted by Crippen LogP contribution is -2.52. The van der Waals surface area contributed by atoms with E-state index in [9.17, 15) is 32.4 Å².